The highest BCUT2D eigenvalue weighted by Crippen LogP contribution is 2.28. The van der Waals surface area contributed by atoms with Gasteiger partial charge in [-0.2, -0.15) is 0 Å². The van der Waals surface area contributed by atoms with Crippen LogP contribution in [0.2, 0.25) is 0 Å². The van der Waals surface area contributed by atoms with Gasteiger partial charge in [0.05, 0.1) is 6.04 Å². The van der Waals surface area contributed by atoms with Gasteiger partial charge in [-0.25, -0.2) is 4.98 Å². The molecule has 1 atom stereocenters. The van der Waals surface area contributed by atoms with Crippen LogP contribution in [0.3, 0.4) is 0 Å². The molecule has 0 amide bonds. The number of nitrogens with zero attached hydrogens (tertiary/aromatic N) is 2. The molecule has 1 heterocycles. The van der Waals surface area contributed by atoms with Crippen LogP contribution in [-0.4, -0.2) is 29.9 Å². The zero-order valence-electron chi connectivity index (χ0n) is 19.4. The van der Waals surface area contributed by atoms with Gasteiger partial charge in [0.25, 0.3) is 0 Å². The largest absolute Gasteiger partial charge is 0.453 e. The quantitative estimate of drug-likeness (QED) is 0.281. The Morgan fingerprint density at radius 3 is 2.38 bits per heavy atom. The molecule has 34 heavy (non-hydrogen) atoms. The van der Waals surface area contributed by atoms with Crippen LogP contribution in [0.5, 0.6) is 0 Å². The van der Waals surface area contributed by atoms with Gasteiger partial charge in [0.1, 0.15) is 5.52 Å². The molecule has 1 aliphatic heterocycles. The summed E-state index contributed by atoms with van der Waals surface area (Å²) in [6, 6.07) is 15.9. The molecule has 4 rings (SSSR count). The lowest BCUT2D eigenvalue weighted by Gasteiger charge is -2.21. The number of benzene rings is 3. The molecule has 2 aliphatic rings. The monoisotopic (exact) mass is 501 g/mol. The first-order valence-electron chi connectivity index (χ1n) is 10.9. The Kier molecular flexibility index (Phi) is 9.21. The molecule has 8 heteroatoms. The maximum Gasteiger partial charge on any atom is 0.210 e. The second-order valence-corrected chi connectivity index (χ2v) is 7.97. The van der Waals surface area contributed by atoms with Gasteiger partial charge in [-0.1, -0.05) is 30.3 Å². The van der Waals surface area contributed by atoms with Crippen molar-refractivity contribution in [2.75, 3.05) is 18.0 Å². The molecule has 0 bridgehead atoms. The van der Waals surface area contributed by atoms with E-state index in [0.717, 1.165) is 29.9 Å². The third-order valence-electron chi connectivity index (χ3n) is 5.81. The lowest BCUT2D eigenvalue weighted by Crippen LogP contribution is -2.33. The van der Waals surface area contributed by atoms with Gasteiger partial charge in [-0.15, -0.1) is 24.8 Å². The van der Waals surface area contributed by atoms with Gasteiger partial charge < -0.3 is 15.1 Å². The van der Waals surface area contributed by atoms with E-state index in [-0.39, 0.29) is 41.7 Å². The summed E-state index contributed by atoms with van der Waals surface area (Å²) in [6.45, 7) is 7.47. The summed E-state index contributed by atoms with van der Waals surface area (Å²) in [6.07, 6.45) is 0.455. The zero-order chi connectivity index (χ0) is 22.8. The summed E-state index contributed by atoms with van der Waals surface area (Å²) in [7, 11) is 0. The molecule has 0 aromatic heterocycles. The molecule has 0 fully saturated rings. The Morgan fingerprint density at radius 1 is 1.06 bits per heavy atom. The number of rotatable bonds is 7. The van der Waals surface area contributed by atoms with Gasteiger partial charge in [0.2, 0.25) is 5.43 Å². The van der Waals surface area contributed by atoms with Crippen LogP contribution in [-0.2, 0) is 6.42 Å². The standard InChI is InChI=1S/C26H27N3O3.2ClH/c1-4-29(5-2)18-13-22(30)25-24(14-18)32-23-15-19(16(3)11-21(23)28-25)26(31)20(27)12-17-9-7-6-8-10-17;;/h6-11,13-15,20H,4-5,12,27H2,1-3H3;2*1H/t20-;;/m0../s1. The average Bonchev–Trinajstić information content (AvgIpc) is 2.79. The lowest BCUT2D eigenvalue weighted by molar-refractivity contribution is 0.0960. The minimum atomic E-state index is -0.663. The third kappa shape index (κ3) is 5.41. The zero-order valence-corrected chi connectivity index (χ0v) is 21.0. The van der Waals surface area contributed by atoms with Crippen molar-refractivity contribution >= 4 is 47.4 Å². The predicted molar refractivity (Wildman–Crippen MR) is 142 cm³/mol. The fourth-order valence-corrected chi connectivity index (χ4v) is 4.03. The molecular weight excluding hydrogens is 473 g/mol. The number of halogens is 2. The van der Waals surface area contributed by atoms with Crippen LogP contribution in [0.15, 0.2) is 63.8 Å². The van der Waals surface area contributed by atoms with Crippen LogP contribution in [0, 0.1) is 6.92 Å². The number of nitrogens with two attached hydrogens (primary N) is 1. The van der Waals surface area contributed by atoms with Crippen molar-refractivity contribution in [3.63, 3.8) is 0 Å². The summed E-state index contributed by atoms with van der Waals surface area (Å²) in [4.78, 5) is 32.4. The average molecular weight is 502 g/mol. The van der Waals surface area contributed by atoms with E-state index in [1.54, 1.807) is 18.2 Å². The van der Waals surface area contributed by atoms with Crippen LogP contribution < -0.4 is 16.1 Å². The summed E-state index contributed by atoms with van der Waals surface area (Å²) < 4.78 is 6.07. The molecule has 0 saturated carbocycles. The molecule has 0 radical (unpaired) electrons. The first-order chi connectivity index (χ1) is 15.4. The molecule has 1 aliphatic carbocycles. The van der Waals surface area contributed by atoms with Gasteiger partial charge in [0.15, 0.2) is 22.8 Å². The van der Waals surface area contributed by atoms with E-state index in [1.165, 1.54) is 0 Å². The molecule has 6 nitrogen and oxygen atoms in total. The smallest absolute Gasteiger partial charge is 0.210 e. The Balaban J connectivity index is 0.00000204. The van der Waals surface area contributed by atoms with Crippen molar-refractivity contribution < 1.29 is 9.21 Å². The van der Waals surface area contributed by atoms with Gasteiger partial charge in [-0.05, 0) is 50.5 Å². The van der Waals surface area contributed by atoms with Crippen molar-refractivity contribution in [1.82, 2.24) is 4.98 Å². The van der Waals surface area contributed by atoms with Crippen LogP contribution >= 0.6 is 24.8 Å². The van der Waals surface area contributed by atoms with E-state index in [1.807, 2.05) is 57.2 Å². The Labute approximate surface area is 211 Å². The molecule has 180 valence electrons. The number of carbonyl (C=O) groups is 1. The van der Waals surface area contributed by atoms with Crippen molar-refractivity contribution in [3.8, 4) is 11.5 Å². The maximum absolute atomic E-state index is 13.1. The molecule has 0 spiro atoms. The third-order valence-corrected chi connectivity index (χ3v) is 5.81. The van der Waals surface area contributed by atoms with Gasteiger partial charge in [0, 0.05) is 36.5 Å². The summed E-state index contributed by atoms with van der Waals surface area (Å²) >= 11 is 0. The van der Waals surface area contributed by atoms with E-state index in [2.05, 4.69) is 9.88 Å². The summed E-state index contributed by atoms with van der Waals surface area (Å²) in [5.41, 5.74) is 10.4. The lowest BCUT2D eigenvalue weighted by atomic mass is 9.95. The van der Waals surface area contributed by atoms with Gasteiger partial charge in [-0.3, -0.25) is 9.59 Å². The van der Waals surface area contributed by atoms with E-state index >= 15 is 0 Å². The number of hydrogen-bond acceptors (Lipinski definition) is 6. The number of anilines is 1. The van der Waals surface area contributed by atoms with Crippen LogP contribution in [0.25, 0.3) is 22.6 Å². The highest BCUT2D eigenvalue weighted by atomic mass is 35.5. The SMILES string of the molecule is CCN(CC)c1cc2oc3cc(C(=O)[C@@H](N)Cc4ccccc4)c(C)cc3nc-2c(=O)c1.Cl.Cl. The van der Waals surface area contributed by atoms with E-state index in [9.17, 15) is 9.59 Å². The van der Waals surface area contributed by atoms with Gasteiger partial charge >= 0.3 is 0 Å². The van der Waals surface area contributed by atoms with E-state index in [4.69, 9.17) is 10.2 Å². The van der Waals surface area contributed by atoms with Crippen molar-refractivity contribution in [2.24, 2.45) is 5.73 Å². The normalized spacial score (nSPS) is 11.5. The molecule has 0 unspecified atom stereocenters. The topological polar surface area (TPSA) is 89.4 Å². The summed E-state index contributed by atoms with van der Waals surface area (Å²) in [5, 5.41) is 0. The molecule has 2 N–H and O–H groups in total. The van der Waals surface area contributed by atoms with Crippen molar-refractivity contribution in [2.45, 2.75) is 33.2 Å². The fourth-order valence-electron chi connectivity index (χ4n) is 4.03. The molecular formula is C26H29Cl2N3O3. The second kappa shape index (κ2) is 11.5. The number of ketones is 1. The van der Waals surface area contributed by atoms with Crippen molar-refractivity contribution in [1.29, 1.82) is 0 Å². The van der Waals surface area contributed by atoms with Crippen molar-refractivity contribution in [3.05, 3.63) is 81.5 Å². The van der Waals surface area contributed by atoms with Crippen LogP contribution in [0.1, 0.15) is 35.3 Å². The van der Waals surface area contributed by atoms with E-state index in [0.29, 0.717) is 28.8 Å². The molecule has 0 saturated heterocycles. The number of aryl methyl sites for hydroxylation is 1. The van der Waals surface area contributed by atoms with Crippen LogP contribution in [0.4, 0.5) is 5.69 Å². The number of Topliss-reactive ketones (excluding diaryl/α,β-unsaturated/α-hetero) is 1. The fraction of sp³-hybridized carbons (Fsp3) is 0.269. The Bertz CT molecular complexity index is 1300. The first kappa shape index (κ1) is 27.3. The number of carbonyl (C=O) groups excluding carboxylic acids is 1. The minimum absolute atomic E-state index is 0. The number of aromatic nitrogens is 1. The Hall–Kier alpha value is -2.93. The number of hydrogen-bond donors (Lipinski definition) is 1. The highest BCUT2D eigenvalue weighted by Gasteiger charge is 2.21. The summed E-state index contributed by atoms with van der Waals surface area (Å²) in [5.74, 6) is 0.257. The predicted octanol–water partition coefficient (Wildman–Crippen LogP) is 5.04. The highest BCUT2D eigenvalue weighted by molar-refractivity contribution is 6.03. The Morgan fingerprint density at radius 2 is 1.74 bits per heavy atom. The molecule has 2 aromatic rings. The maximum atomic E-state index is 13.1. The minimum Gasteiger partial charge on any atom is -0.453 e. The molecule has 2 aromatic carbocycles. The number of fused-ring (bicyclic) bond motifs is 2. The first-order valence-corrected chi connectivity index (χ1v) is 10.9. The van der Waals surface area contributed by atoms with E-state index < -0.39 is 6.04 Å². The second-order valence-electron chi connectivity index (χ2n) is 7.97.